The van der Waals surface area contributed by atoms with Gasteiger partial charge in [-0.1, -0.05) is 0 Å². The van der Waals surface area contributed by atoms with Gasteiger partial charge in [0.1, 0.15) is 6.54 Å². The largest absolute Gasteiger partial charge is 0.437 e. The number of amides is 1. The molecule has 0 spiro atoms. The maximum absolute atomic E-state index is 12.6. The van der Waals surface area contributed by atoms with E-state index in [2.05, 4.69) is 10.1 Å². The third-order valence-corrected chi connectivity index (χ3v) is 4.28. The molecule has 3 rings (SSSR count). The minimum absolute atomic E-state index is 0.0992. The minimum Gasteiger partial charge on any atom is -0.388 e. The highest BCUT2D eigenvalue weighted by Crippen LogP contribution is 2.22. The van der Waals surface area contributed by atoms with E-state index in [9.17, 15) is 9.59 Å². The lowest BCUT2D eigenvalue weighted by atomic mass is 9.97. The lowest BCUT2D eigenvalue weighted by molar-refractivity contribution is -0.138. The molecule has 2 atom stereocenters. The van der Waals surface area contributed by atoms with Crippen molar-refractivity contribution in [2.75, 3.05) is 0 Å². The Kier molecular flexibility index (Phi) is 4.27. The SMILES string of the molecule is CC1CCCC(C)N1C(=O)Cn1nc(-c2cccnc2)oc1=O. The zero-order valence-electron chi connectivity index (χ0n) is 13.3. The first-order valence-electron chi connectivity index (χ1n) is 7.86. The summed E-state index contributed by atoms with van der Waals surface area (Å²) in [4.78, 5) is 30.3. The van der Waals surface area contributed by atoms with Crippen LogP contribution in [0.25, 0.3) is 11.5 Å². The van der Waals surface area contributed by atoms with Crippen molar-refractivity contribution in [3.63, 3.8) is 0 Å². The molecule has 1 fully saturated rings. The lowest BCUT2D eigenvalue weighted by Gasteiger charge is -2.38. The Morgan fingerprint density at radius 1 is 1.35 bits per heavy atom. The van der Waals surface area contributed by atoms with Gasteiger partial charge in [-0.2, -0.15) is 4.68 Å². The van der Waals surface area contributed by atoms with Gasteiger partial charge in [0, 0.05) is 24.5 Å². The smallest absolute Gasteiger partial charge is 0.388 e. The van der Waals surface area contributed by atoms with E-state index in [1.54, 1.807) is 24.5 Å². The Balaban J connectivity index is 1.79. The predicted molar refractivity (Wildman–Crippen MR) is 83.6 cm³/mol. The Hall–Kier alpha value is -2.44. The van der Waals surface area contributed by atoms with Gasteiger partial charge in [0.05, 0.1) is 5.56 Å². The Morgan fingerprint density at radius 2 is 2.09 bits per heavy atom. The van der Waals surface area contributed by atoms with Gasteiger partial charge in [0.2, 0.25) is 5.91 Å². The van der Waals surface area contributed by atoms with Crippen molar-refractivity contribution in [3.8, 4) is 11.5 Å². The molecule has 0 bridgehead atoms. The number of carbonyl (C=O) groups is 1. The number of hydrogen-bond acceptors (Lipinski definition) is 5. The summed E-state index contributed by atoms with van der Waals surface area (Å²) in [5, 5.41) is 4.11. The molecular weight excluding hydrogens is 296 g/mol. The highest BCUT2D eigenvalue weighted by atomic mass is 16.4. The van der Waals surface area contributed by atoms with Gasteiger partial charge in [0.25, 0.3) is 5.89 Å². The molecule has 2 unspecified atom stereocenters. The van der Waals surface area contributed by atoms with Crippen LogP contribution >= 0.6 is 0 Å². The third kappa shape index (κ3) is 3.18. The molecule has 0 aliphatic carbocycles. The van der Waals surface area contributed by atoms with Crippen LogP contribution < -0.4 is 5.76 Å². The molecule has 3 heterocycles. The number of carbonyl (C=O) groups excluding carboxylic acids is 1. The van der Waals surface area contributed by atoms with Gasteiger partial charge >= 0.3 is 5.76 Å². The Labute approximate surface area is 133 Å². The summed E-state index contributed by atoms with van der Waals surface area (Å²) in [5.41, 5.74) is 0.607. The molecule has 7 nitrogen and oxygen atoms in total. The van der Waals surface area contributed by atoms with Gasteiger partial charge in [-0.3, -0.25) is 9.78 Å². The standard InChI is InChI=1S/C16H20N4O3/c1-11-5-3-6-12(2)20(11)14(21)10-19-16(22)23-15(18-19)13-7-4-8-17-9-13/h4,7-9,11-12H,3,5-6,10H2,1-2H3. The molecule has 1 saturated heterocycles. The van der Waals surface area contributed by atoms with Gasteiger partial charge in [-0.15, -0.1) is 5.10 Å². The summed E-state index contributed by atoms with van der Waals surface area (Å²) < 4.78 is 6.21. The van der Waals surface area contributed by atoms with Crippen LogP contribution in [0.2, 0.25) is 0 Å². The van der Waals surface area contributed by atoms with Gasteiger partial charge < -0.3 is 9.32 Å². The van der Waals surface area contributed by atoms with Gasteiger partial charge in [-0.05, 0) is 45.2 Å². The van der Waals surface area contributed by atoms with E-state index in [4.69, 9.17) is 4.42 Å². The van der Waals surface area contributed by atoms with Gasteiger partial charge in [0.15, 0.2) is 0 Å². The van der Waals surface area contributed by atoms with Crippen molar-refractivity contribution in [1.29, 1.82) is 0 Å². The van der Waals surface area contributed by atoms with E-state index in [1.165, 1.54) is 0 Å². The third-order valence-electron chi connectivity index (χ3n) is 4.28. The van der Waals surface area contributed by atoms with Crippen molar-refractivity contribution < 1.29 is 9.21 Å². The van der Waals surface area contributed by atoms with Crippen LogP contribution in [0.1, 0.15) is 33.1 Å². The van der Waals surface area contributed by atoms with Crippen LogP contribution in [-0.2, 0) is 11.3 Å². The van der Waals surface area contributed by atoms with Crippen molar-refractivity contribution in [2.45, 2.75) is 51.7 Å². The average molecular weight is 316 g/mol. The van der Waals surface area contributed by atoms with E-state index in [-0.39, 0.29) is 30.4 Å². The first-order chi connectivity index (χ1) is 11.1. The fourth-order valence-corrected chi connectivity index (χ4v) is 3.13. The van der Waals surface area contributed by atoms with E-state index in [0.717, 1.165) is 23.9 Å². The first-order valence-corrected chi connectivity index (χ1v) is 7.86. The zero-order chi connectivity index (χ0) is 16.4. The molecule has 0 aromatic carbocycles. The first kappa shape index (κ1) is 15.5. The summed E-state index contributed by atoms with van der Waals surface area (Å²) in [6.07, 6.45) is 6.30. The average Bonchev–Trinajstić information content (AvgIpc) is 2.89. The predicted octanol–water partition coefficient (Wildman–Crippen LogP) is 1.69. The molecular formula is C16H20N4O3. The molecule has 0 saturated carbocycles. The number of rotatable bonds is 3. The highest BCUT2D eigenvalue weighted by Gasteiger charge is 2.29. The molecule has 1 amide bonds. The van der Waals surface area contributed by atoms with E-state index < -0.39 is 5.76 Å². The van der Waals surface area contributed by atoms with Crippen LogP contribution in [0.3, 0.4) is 0 Å². The lowest BCUT2D eigenvalue weighted by Crippen LogP contribution is -2.49. The minimum atomic E-state index is -0.630. The number of likely N-dealkylation sites (tertiary alicyclic amines) is 1. The molecule has 122 valence electrons. The summed E-state index contributed by atoms with van der Waals surface area (Å²) >= 11 is 0. The molecule has 0 N–H and O–H groups in total. The Morgan fingerprint density at radius 3 is 2.74 bits per heavy atom. The molecule has 2 aromatic heterocycles. The van der Waals surface area contributed by atoms with Crippen LogP contribution in [0.5, 0.6) is 0 Å². The number of piperidine rings is 1. The monoisotopic (exact) mass is 316 g/mol. The quantitative estimate of drug-likeness (QED) is 0.860. The van der Waals surface area contributed by atoms with Crippen molar-refractivity contribution in [2.24, 2.45) is 0 Å². The number of hydrogen-bond donors (Lipinski definition) is 0. The van der Waals surface area contributed by atoms with Gasteiger partial charge in [-0.25, -0.2) is 4.79 Å². The summed E-state index contributed by atoms with van der Waals surface area (Å²) in [6, 6.07) is 3.86. The van der Waals surface area contributed by atoms with E-state index in [0.29, 0.717) is 5.56 Å². The molecule has 1 aliphatic heterocycles. The second kappa shape index (κ2) is 6.36. The summed E-state index contributed by atoms with van der Waals surface area (Å²) in [5.74, 6) is -0.553. The van der Waals surface area contributed by atoms with E-state index >= 15 is 0 Å². The molecule has 7 heteroatoms. The van der Waals surface area contributed by atoms with Crippen LogP contribution in [0.15, 0.2) is 33.7 Å². The molecule has 2 aromatic rings. The number of aromatic nitrogens is 3. The van der Waals surface area contributed by atoms with Crippen molar-refractivity contribution in [3.05, 3.63) is 35.1 Å². The summed E-state index contributed by atoms with van der Waals surface area (Å²) in [6.45, 7) is 3.98. The maximum atomic E-state index is 12.6. The molecule has 0 radical (unpaired) electrons. The fraction of sp³-hybridized carbons (Fsp3) is 0.500. The maximum Gasteiger partial charge on any atom is 0.437 e. The topological polar surface area (TPSA) is 81.2 Å². The fourth-order valence-electron chi connectivity index (χ4n) is 3.13. The van der Waals surface area contributed by atoms with Crippen LogP contribution in [0.4, 0.5) is 0 Å². The van der Waals surface area contributed by atoms with Crippen LogP contribution in [-0.4, -0.2) is 37.7 Å². The van der Waals surface area contributed by atoms with Crippen LogP contribution in [0, 0.1) is 0 Å². The summed E-state index contributed by atoms with van der Waals surface area (Å²) in [7, 11) is 0. The Bertz CT molecular complexity index is 727. The van der Waals surface area contributed by atoms with Crippen molar-refractivity contribution in [1.82, 2.24) is 19.7 Å². The van der Waals surface area contributed by atoms with Crippen molar-refractivity contribution >= 4 is 5.91 Å². The van der Waals surface area contributed by atoms with E-state index in [1.807, 2.05) is 18.7 Å². The number of nitrogens with zero attached hydrogens (tertiary/aromatic N) is 4. The molecule has 1 aliphatic rings. The second-order valence-corrected chi connectivity index (χ2v) is 6.00. The highest BCUT2D eigenvalue weighted by molar-refractivity contribution is 5.76. The zero-order valence-corrected chi connectivity index (χ0v) is 13.3. The normalized spacial score (nSPS) is 21.4. The molecule has 23 heavy (non-hydrogen) atoms. The number of pyridine rings is 1. The second-order valence-electron chi connectivity index (χ2n) is 6.00.